The standard InChI is InChI=1S/C8H6O4.2C3H8O2/c9-7(10)5-2-1-3-6(4-5)8(11)12;2*1-3(5)2-4/h1-4H,(H,9,10)(H,11,12);2*3-5H,2H2,1H3. The van der Waals surface area contributed by atoms with Gasteiger partial charge >= 0.3 is 11.9 Å². The molecule has 126 valence electrons. The van der Waals surface area contributed by atoms with E-state index >= 15 is 0 Å². The number of aromatic carboxylic acids is 2. The molecule has 0 aliphatic rings. The minimum Gasteiger partial charge on any atom is -0.478 e. The van der Waals surface area contributed by atoms with Crippen molar-refractivity contribution in [3.63, 3.8) is 0 Å². The number of benzene rings is 1. The molecule has 0 bridgehead atoms. The molecule has 0 fully saturated rings. The summed E-state index contributed by atoms with van der Waals surface area (Å²) in [5.74, 6) is -2.25. The first-order chi connectivity index (χ1) is 10.1. The van der Waals surface area contributed by atoms with Crippen LogP contribution in [-0.4, -0.2) is 68.0 Å². The highest BCUT2D eigenvalue weighted by atomic mass is 16.4. The van der Waals surface area contributed by atoms with Gasteiger partial charge in [-0.15, -0.1) is 0 Å². The number of hydrogen-bond donors (Lipinski definition) is 6. The van der Waals surface area contributed by atoms with E-state index in [1.807, 2.05) is 0 Å². The normalized spacial score (nSPS) is 11.9. The SMILES string of the molecule is CC(O)CO.CC(O)CO.O=C(O)c1cccc(C(=O)O)c1. The van der Waals surface area contributed by atoms with E-state index in [4.69, 9.17) is 30.6 Å². The maximum Gasteiger partial charge on any atom is 0.335 e. The Kier molecular flexibility index (Phi) is 12.9. The molecule has 22 heavy (non-hydrogen) atoms. The third-order valence-electron chi connectivity index (χ3n) is 1.88. The van der Waals surface area contributed by atoms with Gasteiger partial charge in [0.25, 0.3) is 0 Å². The average Bonchev–Trinajstić information content (AvgIpc) is 2.48. The van der Waals surface area contributed by atoms with Crippen molar-refractivity contribution in [1.29, 1.82) is 0 Å². The Balaban J connectivity index is 0. The Morgan fingerprint density at radius 3 is 1.36 bits per heavy atom. The van der Waals surface area contributed by atoms with E-state index in [0.717, 1.165) is 6.07 Å². The summed E-state index contributed by atoms with van der Waals surface area (Å²) < 4.78 is 0. The maximum absolute atomic E-state index is 10.4. The van der Waals surface area contributed by atoms with Crippen molar-refractivity contribution in [1.82, 2.24) is 0 Å². The maximum atomic E-state index is 10.4. The molecule has 0 aliphatic carbocycles. The Labute approximate surface area is 127 Å². The zero-order valence-electron chi connectivity index (χ0n) is 12.4. The van der Waals surface area contributed by atoms with Gasteiger partial charge in [-0.05, 0) is 32.0 Å². The molecule has 0 radical (unpaired) electrons. The molecule has 2 atom stereocenters. The molecule has 0 spiro atoms. The lowest BCUT2D eigenvalue weighted by Gasteiger charge is -1.95. The zero-order chi connectivity index (χ0) is 17.7. The Hall–Kier alpha value is -2.00. The summed E-state index contributed by atoms with van der Waals surface area (Å²) >= 11 is 0. The van der Waals surface area contributed by atoms with Crippen LogP contribution in [0.25, 0.3) is 0 Å². The Morgan fingerprint density at radius 1 is 0.909 bits per heavy atom. The van der Waals surface area contributed by atoms with Crippen molar-refractivity contribution in [2.24, 2.45) is 0 Å². The summed E-state index contributed by atoms with van der Waals surface area (Å²) in [5.41, 5.74) is -0.0372. The molecule has 0 amide bonds. The van der Waals surface area contributed by atoms with Crippen LogP contribution in [-0.2, 0) is 0 Å². The molecular weight excluding hydrogens is 296 g/mol. The fourth-order valence-corrected chi connectivity index (χ4v) is 0.785. The van der Waals surface area contributed by atoms with Crippen molar-refractivity contribution in [2.75, 3.05) is 13.2 Å². The molecular formula is C14H22O8. The summed E-state index contributed by atoms with van der Waals surface area (Å²) in [4.78, 5) is 20.8. The van der Waals surface area contributed by atoms with E-state index in [0.29, 0.717) is 0 Å². The van der Waals surface area contributed by atoms with Gasteiger partial charge in [0.15, 0.2) is 0 Å². The van der Waals surface area contributed by atoms with E-state index in [1.54, 1.807) is 0 Å². The van der Waals surface area contributed by atoms with Gasteiger partial charge in [-0.1, -0.05) is 6.07 Å². The molecule has 6 N–H and O–H groups in total. The summed E-state index contributed by atoms with van der Waals surface area (Å²) in [7, 11) is 0. The second-order valence-electron chi connectivity index (χ2n) is 4.25. The highest BCUT2D eigenvalue weighted by Gasteiger charge is 2.06. The second kappa shape index (κ2) is 12.7. The first kappa shape index (κ1) is 22.3. The minimum atomic E-state index is -1.13. The first-order valence-electron chi connectivity index (χ1n) is 6.30. The smallest absolute Gasteiger partial charge is 0.335 e. The summed E-state index contributed by atoms with van der Waals surface area (Å²) in [6.45, 7) is 2.78. The van der Waals surface area contributed by atoms with Gasteiger partial charge in [-0.2, -0.15) is 0 Å². The van der Waals surface area contributed by atoms with Gasteiger partial charge in [-0.3, -0.25) is 0 Å². The van der Waals surface area contributed by atoms with Crippen LogP contribution in [0.2, 0.25) is 0 Å². The number of aliphatic hydroxyl groups excluding tert-OH is 4. The van der Waals surface area contributed by atoms with Crippen molar-refractivity contribution in [2.45, 2.75) is 26.1 Å². The van der Waals surface area contributed by atoms with Crippen molar-refractivity contribution >= 4 is 11.9 Å². The van der Waals surface area contributed by atoms with E-state index in [9.17, 15) is 9.59 Å². The lowest BCUT2D eigenvalue weighted by molar-refractivity contribution is 0.0696. The van der Waals surface area contributed by atoms with E-state index in [-0.39, 0.29) is 24.3 Å². The van der Waals surface area contributed by atoms with Crippen LogP contribution in [0.15, 0.2) is 24.3 Å². The topological polar surface area (TPSA) is 156 Å². The van der Waals surface area contributed by atoms with Crippen LogP contribution >= 0.6 is 0 Å². The van der Waals surface area contributed by atoms with Crippen LogP contribution in [0.5, 0.6) is 0 Å². The number of carboxylic acids is 2. The van der Waals surface area contributed by atoms with Gasteiger partial charge in [0.1, 0.15) is 0 Å². The summed E-state index contributed by atoms with van der Waals surface area (Å²) in [6.07, 6.45) is -1.12. The van der Waals surface area contributed by atoms with Gasteiger partial charge in [0.2, 0.25) is 0 Å². The summed E-state index contributed by atoms with van der Waals surface area (Å²) in [5, 5.41) is 49.0. The van der Waals surface area contributed by atoms with Crippen molar-refractivity contribution < 1.29 is 40.2 Å². The van der Waals surface area contributed by atoms with Gasteiger partial charge < -0.3 is 30.6 Å². The van der Waals surface area contributed by atoms with Crippen LogP contribution in [0, 0.1) is 0 Å². The predicted octanol–water partition coefficient (Wildman–Crippen LogP) is -0.198. The van der Waals surface area contributed by atoms with Crippen LogP contribution in [0.3, 0.4) is 0 Å². The number of hydrogen-bond acceptors (Lipinski definition) is 6. The number of carbonyl (C=O) groups is 2. The van der Waals surface area contributed by atoms with Crippen LogP contribution in [0.1, 0.15) is 34.6 Å². The number of rotatable bonds is 4. The Morgan fingerprint density at radius 2 is 1.18 bits per heavy atom. The van der Waals surface area contributed by atoms with Crippen molar-refractivity contribution in [3.05, 3.63) is 35.4 Å². The molecule has 8 heteroatoms. The third-order valence-corrected chi connectivity index (χ3v) is 1.88. The molecule has 0 saturated heterocycles. The first-order valence-corrected chi connectivity index (χ1v) is 6.30. The molecule has 0 saturated carbocycles. The second-order valence-corrected chi connectivity index (χ2v) is 4.25. The summed E-state index contributed by atoms with van der Waals surface area (Å²) in [6, 6.07) is 5.20. The molecule has 0 aromatic heterocycles. The van der Waals surface area contributed by atoms with E-state index in [1.165, 1.54) is 32.0 Å². The van der Waals surface area contributed by atoms with Crippen LogP contribution < -0.4 is 0 Å². The van der Waals surface area contributed by atoms with Gasteiger partial charge in [0, 0.05) is 0 Å². The minimum absolute atomic E-state index is 0.0186. The number of carboxylic acid groups (broad SMARTS) is 2. The highest BCUT2D eigenvalue weighted by molar-refractivity contribution is 5.93. The largest absolute Gasteiger partial charge is 0.478 e. The third kappa shape index (κ3) is 13.0. The van der Waals surface area contributed by atoms with E-state index in [2.05, 4.69) is 0 Å². The molecule has 1 aromatic rings. The van der Waals surface area contributed by atoms with E-state index < -0.39 is 24.1 Å². The van der Waals surface area contributed by atoms with Crippen molar-refractivity contribution in [3.8, 4) is 0 Å². The fraction of sp³-hybridized carbons (Fsp3) is 0.429. The molecule has 1 aromatic carbocycles. The molecule has 0 aliphatic heterocycles. The fourth-order valence-electron chi connectivity index (χ4n) is 0.785. The van der Waals surface area contributed by atoms with Gasteiger partial charge in [-0.25, -0.2) is 9.59 Å². The predicted molar refractivity (Wildman–Crippen MR) is 77.9 cm³/mol. The lowest BCUT2D eigenvalue weighted by atomic mass is 10.1. The van der Waals surface area contributed by atoms with Crippen LogP contribution in [0.4, 0.5) is 0 Å². The monoisotopic (exact) mass is 318 g/mol. The zero-order valence-corrected chi connectivity index (χ0v) is 12.4. The van der Waals surface area contributed by atoms with Gasteiger partial charge in [0.05, 0.1) is 36.5 Å². The lowest BCUT2D eigenvalue weighted by Crippen LogP contribution is -2.03. The molecule has 0 heterocycles. The number of aliphatic hydroxyl groups is 4. The average molecular weight is 318 g/mol. The molecule has 8 nitrogen and oxygen atoms in total. The quantitative estimate of drug-likeness (QED) is 0.446. The molecule has 2 unspecified atom stereocenters. The highest BCUT2D eigenvalue weighted by Crippen LogP contribution is 2.04. The molecule has 1 rings (SSSR count). The Bertz CT molecular complexity index is 405.